The third-order valence-corrected chi connectivity index (χ3v) is 13.5. The molecule has 0 aliphatic heterocycles. The Morgan fingerprint density at radius 2 is 0.778 bits per heavy atom. The van der Waals surface area contributed by atoms with Crippen molar-refractivity contribution in [2.75, 3.05) is 4.90 Å². The topological polar surface area (TPSA) is 16.4 Å². The first-order valence-corrected chi connectivity index (χ1v) is 22.2. The molecular formula is C60H39NOS. The monoisotopic (exact) mass is 821 g/mol. The lowest BCUT2D eigenvalue weighted by Gasteiger charge is -2.29. The number of benzene rings is 10. The van der Waals surface area contributed by atoms with Crippen LogP contribution < -0.4 is 4.90 Å². The lowest BCUT2D eigenvalue weighted by molar-refractivity contribution is 0.670. The van der Waals surface area contributed by atoms with E-state index >= 15 is 0 Å². The third kappa shape index (κ3) is 6.41. The summed E-state index contributed by atoms with van der Waals surface area (Å²) in [6, 6.07) is 85.3. The van der Waals surface area contributed by atoms with E-state index in [4.69, 9.17) is 4.42 Å². The van der Waals surface area contributed by atoms with Crippen molar-refractivity contribution in [3.05, 3.63) is 237 Å². The van der Waals surface area contributed by atoms with Crippen LogP contribution in [0.5, 0.6) is 0 Å². The van der Waals surface area contributed by atoms with Crippen LogP contribution in [0.3, 0.4) is 0 Å². The van der Waals surface area contributed by atoms with Crippen LogP contribution in [0, 0.1) is 0 Å². The van der Waals surface area contributed by atoms with Gasteiger partial charge in [0.2, 0.25) is 0 Å². The van der Waals surface area contributed by atoms with Gasteiger partial charge in [-0.1, -0.05) is 188 Å². The van der Waals surface area contributed by atoms with Gasteiger partial charge in [-0.05, 0) is 93.0 Å². The van der Waals surface area contributed by atoms with E-state index in [1.807, 2.05) is 23.5 Å². The van der Waals surface area contributed by atoms with E-state index in [1.165, 1.54) is 59.1 Å². The molecule has 296 valence electrons. The molecule has 0 aliphatic rings. The van der Waals surface area contributed by atoms with Crippen molar-refractivity contribution >= 4 is 70.5 Å². The van der Waals surface area contributed by atoms with Crippen molar-refractivity contribution in [1.82, 2.24) is 0 Å². The van der Waals surface area contributed by atoms with Gasteiger partial charge in [-0.2, -0.15) is 0 Å². The zero-order valence-corrected chi connectivity index (χ0v) is 35.1. The summed E-state index contributed by atoms with van der Waals surface area (Å²) in [5.41, 5.74) is 16.8. The fourth-order valence-corrected chi connectivity index (χ4v) is 10.6. The molecule has 0 saturated carbocycles. The highest BCUT2D eigenvalue weighted by Gasteiger charge is 2.21. The maximum atomic E-state index is 6.49. The number of thiophene rings is 1. The van der Waals surface area contributed by atoms with Gasteiger partial charge in [0.15, 0.2) is 0 Å². The lowest BCUT2D eigenvalue weighted by atomic mass is 9.88. The second kappa shape index (κ2) is 15.5. The van der Waals surface area contributed by atoms with Gasteiger partial charge in [-0.3, -0.25) is 0 Å². The predicted octanol–water partition coefficient (Wildman–Crippen LogP) is 17.8. The molecule has 2 aromatic heterocycles. The minimum atomic E-state index is 0.901. The Hall–Kier alpha value is -7.98. The van der Waals surface area contributed by atoms with E-state index in [-0.39, 0.29) is 0 Å². The summed E-state index contributed by atoms with van der Waals surface area (Å²) >= 11 is 1.86. The number of para-hydroxylation sites is 3. The molecule has 0 saturated heterocycles. The second-order valence-electron chi connectivity index (χ2n) is 16.0. The van der Waals surface area contributed by atoms with Crippen molar-refractivity contribution in [2.24, 2.45) is 0 Å². The molecule has 12 aromatic rings. The molecule has 0 aliphatic carbocycles. The van der Waals surface area contributed by atoms with Crippen molar-refractivity contribution < 1.29 is 4.42 Å². The van der Waals surface area contributed by atoms with Gasteiger partial charge in [-0.25, -0.2) is 0 Å². The van der Waals surface area contributed by atoms with Gasteiger partial charge >= 0.3 is 0 Å². The highest BCUT2D eigenvalue weighted by atomic mass is 32.1. The number of anilines is 3. The molecule has 2 heterocycles. The molecule has 63 heavy (non-hydrogen) atoms. The van der Waals surface area contributed by atoms with E-state index < -0.39 is 0 Å². The molecular weight excluding hydrogens is 783 g/mol. The molecule has 10 aromatic carbocycles. The number of hydrogen-bond acceptors (Lipinski definition) is 3. The van der Waals surface area contributed by atoms with Gasteiger partial charge < -0.3 is 9.32 Å². The summed E-state index contributed by atoms with van der Waals surface area (Å²) < 4.78 is 9.10. The van der Waals surface area contributed by atoms with E-state index in [0.29, 0.717) is 0 Å². The van der Waals surface area contributed by atoms with Gasteiger partial charge in [0.1, 0.15) is 11.2 Å². The molecule has 0 bridgehead atoms. The van der Waals surface area contributed by atoms with Crippen molar-refractivity contribution in [2.45, 2.75) is 0 Å². The van der Waals surface area contributed by atoms with Crippen LogP contribution in [0.2, 0.25) is 0 Å². The fraction of sp³-hybridized carbons (Fsp3) is 0. The smallest absolute Gasteiger partial charge is 0.143 e. The van der Waals surface area contributed by atoms with Crippen LogP contribution in [0.4, 0.5) is 17.1 Å². The molecule has 0 atom stereocenters. The predicted molar refractivity (Wildman–Crippen MR) is 268 cm³/mol. The third-order valence-electron chi connectivity index (χ3n) is 12.3. The molecule has 0 unspecified atom stereocenters. The molecule has 3 heteroatoms. The summed E-state index contributed by atoms with van der Waals surface area (Å²) in [6.07, 6.45) is 0. The normalized spacial score (nSPS) is 11.5. The van der Waals surface area contributed by atoms with Gasteiger partial charge in [0, 0.05) is 53.4 Å². The second-order valence-corrected chi connectivity index (χ2v) is 17.0. The zero-order chi connectivity index (χ0) is 41.7. The molecule has 0 amide bonds. The van der Waals surface area contributed by atoms with E-state index in [2.05, 4.69) is 229 Å². The van der Waals surface area contributed by atoms with Crippen molar-refractivity contribution in [3.63, 3.8) is 0 Å². The van der Waals surface area contributed by atoms with Crippen LogP contribution in [0.15, 0.2) is 241 Å². The summed E-state index contributed by atoms with van der Waals surface area (Å²) in [6.45, 7) is 0. The Bertz CT molecular complexity index is 3620. The van der Waals surface area contributed by atoms with Gasteiger partial charge in [0.05, 0.1) is 5.69 Å². The summed E-state index contributed by atoms with van der Waals surface area (Å²) in [4.78, 5) is 2.41. The number of nitrogens with zero attached hydrogens (tertiary/aromatic N) is 1. The first kappa shape index (κ1) is 36.8. The van der Waals surface area contributed by atoms with Crippen LogP contribution in [0.1, 0.15) is 0 Å². The average Bonchev–Trinajstić information content (AvgIpc) is 3.94. The maximum Gasteiger partial charge on any atom is 0.143 e. The Labute approximate surface area is 370 Å². The van der Waals surface area contributed by atoms with Gasteiger partial charge in [-0.15, -0.1) is 11.3 Å². The fourth-order valence-electron chi connectivity index (χ4n) is 9.43. The molecule has 0 spiro atoms. The number of furan rings is 1. The molecule has 0 fully saturated rings. The Kier molecular flexibility index (Phi) is 9.06. The number of fused-ring (bicyclic) bond motifs is 6. The summed E-state index contributed by atoms with van der Waals surface area (Å²) in [5, 5.41) is 4.88. The van der Waals surface area contributed by atoms with Crippen LogP contribution in [-0.4, -0.2) is 0 Å². The Morgan fingerprint density at radius 1 is 0.302 bits per heavy atom. The zero-order valence-electron chi connectivity index (χ0n) is 34.3. The van der Waals surface area contributed by atoms with E-state index in [0.717, 1.165) is 55.7 Å². The molecule has 0 N–H and O–H groups in total. The highest BCUT2D eigenvalue weighted by molar-refractivity contribution is 7.25. The minimum Gasteiger partial charge on any atom is -0.455 e. The lowest BCUT2D eigenvalue weighted by Crippen LogP contribution is -2.11. The van der Waals surface area contributed by atoms with E-state index in [1.54, 1.807) is 0 Å². The van der Waals surface area contributed by atoms with E-state index in [9.17, 15) is 0 Å². The quantitative estimate of drug-likeness (QED) is 0.152. The SMILES string of the molecule is c1ccc(-c2ccccc2-c2ccccc2-c2ccccc2N(c2ccc(-c3cccc4c3oc3ccccc34)cc2)c2ccc(-c3cccc4sc5ccccc5c34)cc2)cc1. The van der Waals surface area contributed by atoms with Crippen LogP contribution in [0.25, 0.3) is 97.7 Å². The number of hydrogen-bond donors (Lipinski definition) is 0. The molecule has 2 nitrogen and oxygen atoms in total. The largest absolute Gasteiger partial charge is 0.455 e. The first-order valence-electron chi connectivity index (χ1n) is 21.4. The average molecular weight is 822 g/mol. The van der Waals surface area contributed by atoms with Crippen molar-refractivity contribution in [1.29, 1.82) is 0 Å². The molecule has 12 rings (SSSR count). The van der Waals surface area contributed by atoms with Crippen LogP contribution in [-0.2, 0) is 0 Å². The Morgan fingerprint density at radius 3 is 1.52 bits per heavy atom. The molecule has 0 radical (unpaired) electrons. The summed E-state index contributed by atoms with van der Waals surface area (Å²) in [7, 11) is 0. The first-order chi connectivity index (χ1) is 31.3. The minimum absolute atomic E-state index is 0.901. The maximum absolute atomic E-state index is 6.49. The highest BCUT2D eigenvalue weighted by Crippen LogP contribution is 2.47. The van der Waals surface area contributed by atoms with Gasteiger partial charge in [0.25, 0.3) is 0 Å². The van der Waals surface area contributed by atoms with Crippen LogP contribution >= 0.6 is 11.3 Å². The standard InChI is InChI=1S/C60H39NOS/c1-2-16-40(17-3-1)45-18-4-5-19-48(45)49-20-6-7-21-50(49)51-22-8-11-28-55(51)61(43-36-32-41(33-37-43)46-25-15-31-58-59(46)54-24-10-13-30-57(54)63-58)44-38-34-42(35-39-44)47-26-14-27-53-52-23-9-12-29-56(52)62-60(47)53/h1-39H. The van der Waals surface area contributed by atoms with Crippen molar-refractivity contribution in [3.8, 4) is 55.6 Å². The summed E-state index contributed by atoms with van der Waals surface area (Å²) in [5.74, 6) is 0. The number of rotatable bonds is 8. The Balaban J connectivity index is 1.02.